The molecule has 0 aliphatic rings. The molecule has 0 bridgehead atoms. The maximum Gasteiger partial charge on any atom is 0.435 e. The molecule has 1 N–H and O–H groups in total. The van der Waals surface area contributed by atoms with Crippen LogP contribution in [0.3, 0.4) is 0 Å². The van der Waals surface area contributed by atoms with Gasteiger partial charge < -0.3 is 0 Å². The minimum Gasteiger partial charge on any atom is -0.271 e. The van der Waals surface area contributed by atoms with E-state index in [2.05, 4.69) is 15.6 Å². The highest BCUT2D eigenvalue weighted by Crippen LogP contribution is 2.27. The summed E-state index contributed by atoms with van der Waals surface area (Å²) in [4.78, 5) is 11.8. The molecule has 23 heavy (non-hydrogen) atoms. The Bertz CT molecular complexity index is 692. The Morgan fingerprint density at radius 1 is 1.26 bits per heavy atom. The Balaban J connectivity index is 1.99. The summed E-state index contributed by atoms with van der Waals surface area (Å²) in [5.41, 5.74) is 2.85. The first-order chi connectivity index (χ1) is 10.9. The van der Waals surface area contributed by atoms with Crippen molar-refractivity contribution in [1.82, 2.24) is 15.2 Å². The second-order valence-electron chi connectivity index (χ2n) is 4.71. The van der Waals surface area contributed by atoms with Gasteiger partial charge in [-0.1, -0.05) is 37.3 Å². The third kappa shape index (κ3) is 4.67. The Morgan fingerprint density at radius 3 is 2.52 bits per heavy atom. The number of benzene rings is 1. The topological polar surface area (TPSA) is 59.3 Å². The van der Waals surface area contributed by atoms with Crippen molar-refractivity contribution in [2.45, 2.75) is 26.1 Å². The summed E-state index contributed by atoms with van der Waals surface area (Å²) in [5, 5.41) is 7.33. The van der Waals surface area contributed by atoms with E-state index in [1.807, 2.05) is 37.3 Å². The van der Waals surface area contributed by atoms with Gasteiger partial charge in [0.2, 0.25) is 0 Å². The van der Waals surface area contributed by atoms with E-state index in [1.165, 1.54) is 0 Å². The highest BCUT2D eigenvalue weighted by atomic mass is 19.4. The first-order valence-corrected chi connectivity index (χ1v) is 6.91. The van der Waals surface area contributed by atoms with Gasteiger partial charge in [0.15, 0.2) is 5.69 Å². The zero-order chi connectivity index (χ0) is 16.9. The van der Waals surface area contributed by atoms with Crippen LogP contribution in [0.15, 0.2) is 47.7 Å². The minimum atomic E-state index is -4.53. The van der Waals surface area contributed by atoms with E-state index in [4.69, 9.17) is 0 Å². The molecular weight excluding hydrogens is 309 g/mol. The minimum absolute atomic E-state index is 0.342. The molecule has 0 radical (unpaired) electrons. The van der Waals surface area contributed by atoms with E-state index in [0.29, 0.717) is 12.1 Å². The number of amides is 1. The van der Waals surface area contributed by atoms with Crippen LogP contribution >= 0.6 is 0 Å². The zero-order valence-electron chi connectivity index (χ0n) is 12.3. The third-order valence-electron chi connectivity index (χ3n) is 2.99. The monoisotopic (exact) mass is 324 g/mol. The average molecular weight is 324 g/mol. The predicted octanol–water partition coefficient (Wildman–Crippen LogP) is 2.83. The van der Waals surface area contributed by atoms with Crippen molar-refractivity contribution < 1.29 is 18.0 Å². The maximum atomic E-state index is 12.4. The number of hydrogen-bond donors (Lipinski definition) is 1. The van der Waals surface area contributed by atoms with Crippen LogP contribution in [0.1, 0.15) is 24.6 Å². The van der Waals surface area contributed by atoms with Gasteiger partial charge in [0.25, 0.3) is 5.91 Å². The molecule has 2 aromatic rings. The third-order valence-corrected chi connectivity index (χ3v) is 2.99. The summed E-state index contributed by atoms with van der Waals surface area (Å²) in [6.45, 7) is 1.55. The number of alkyl halides is 3. The van der Waals surface area contributed by atoms with Crippen molar-refractivity contribution in [3.05, 3.63) is 53.9 Å². The van der Waals surface area contributed by atoms with E-state index in [9.17, 15) is 18.0 Å². The lowest BCUT2D eigenvalue weighted by Gasteiger charge is -2.05. The molecule has 0 aliphatic carbocycles. The molecule has 0 saturated carbocycles. The van der Waals surface area contributed by atoms with Gasteiger partial charge in [-0.05, 0) is 18.1 Å². The number of carbonyl (C=O) groups is 1. The summed E-state index contributed by atoms with van der Waals surface area (Å²) in [5.74, 6) is -0.552. The zero-order valence-corrected chi connectivity index (χ0v) is 12.3. The molecule has 0 aliphatic heterocycles. The fourth-order valence-electron chi connectivity index (χ4n) is 1.89. The van der Waals surface area contributed by atoms with Crippen LogP contribution in [-0.4, -0.2) is 21.4 Å². The predicted molar refractivity (Wildman–Crippen MR) is 78.6 cm³/mol. The van der Waals surface area contributed by atoms with E-state index in [-0.39, 0.29) is 6.54 Å². The lowest BCUT2D eigenvalue weighted by atomic mass is 10.1. The Morgan fingerprint density at radius 2 is 1.96 bits per heavy atom. The van der Waals surface area contributed by atoms with Crippen molar-refractivity contribution in [1.29, 1.82) is 0 Å². The molecule has 0 saturated heterocycles. The number of rotatable bonds is 5. The van der Waals surface area contributed by atoms with Crippen LogP contribution in [0.5, 0.6) is 0 Å². The van der Waals surface area contributed by atoms with Crippen molar-refractivity contribution in [2.24, 2.45) is 5.10 Å². The van der Waals surface area contributed by atoms with Crippen molar-refractivity contribution >= 4 is 11.6 Å². The number of aromatic nitrogens is 2. The molecule has 1 amide bonds. The van der Waals surface area contributed by atoms with Crippen molar-refractivity contribution in [3.8, 4) is 0 Å². The number of halogens is 3. The van der Waals surface area contributed by atoms with Crippen LogP contribution in [-0.2, 0) is 17.5 Å². The lowest BCUT2D eigenvalue weighted by molar-refractivity contribution is -0.141. The molecule has 8 heteroatoms. The van der Waals surface area contributed by atoms with Gasteiger partial charge in [-0.15, -0.1) is 0 Å². The summed E-state index contributed by atoms with van der Waals surface area (Å²) < 4.78 is 38.2. The van der Waals surface area contributed by atoms with Gasteiger partial charge in [-0.3, -0.25) is 9.48 Å². The summed E-state index contributed by atoms with van der Waals surface area (Å²) in [7, 11) is 0. The van der Waals surface area contributed by atoms with Crippen LogP contribution in [0.25, 0.3) is 0 Å². The maximum absolute atomic E-state index is 12.4. The molecule has 0 unspecified atom stereocenters. The SMILES string of the molecule is CCC(=NNC(=O)Cn1ccc(C(F)(F)F)n1)c1ccccc1. The van der Waals surface area contributed by atoms with E-state index in [1.54, 1.807) is 0 Å². The molecule has 2 rings (SSSR count). The van der Waals surface area contributed by atoms with E-state index >= 15 is 0 Å². The molecule has 0 fully saturated rings. The van der Waals surface area contributed by atoms with Gasteiger partial charge in [0, 0.05) is 6.20 Å². The number of nitrogens with one attached hydrogen (secondary N) is 1. The number of hydrogen-bond acceptors (Lipinski definition) is 3. The first-order valence-electron chi connectivity index (χ1n) is 6.91. The van der Waals surface area contributed by atoms with E-state index in [0.717, 1.165) is 22.5 Å². The van der Waals surface area contributed by atoms with Crippen LogP contribution < -0.4 is 5.43 Å². The summed E-state index contributed by atoms with van der Waals surface area (Å²) >= 11 is 0. The van der Waals surface area contributed by atoms with Crippen molar-refractivity contribution in [3.63, 3.8) is 0 Å². The quantitative estimate of drug-likeness (QED) is 0.679. The fourth-order valence-corrected chi connectivity index (χ4v) is 1.89. The smallest absolute Gasteiger partial charge is 0.271 e. The van der Waals surface area contributed by atoms with Gasteiger partial charge >= 0.3 is 6.18 Å². The molecule has 5 nitrogen and oxygen atoms in total. The van der Waals surface area contributed by atoms with Gasteiger partial charge in [0.1, 0.15) is 6.54 Å². The second kappa shape index (κ2) is 7.08. The summed E-state index contributed by atoms with van der Waals surface area (Å²) in [6.07, 6.45) is -2.82. The van der Waals surface area contributed by atoms with E-state index < -0.39 is 17.8 Å². The second-order valence-corrected chi connectivity index (χ2v) is 4.71. The molecule has 0 atom stereocenters. The van der Waals surface area contributed by atoms with Gasteiger partial charge in [-0.25, -0.2) is 5.43 Å². The summed E-state index contributed by atoms with van der Waals surface area (Å²) in [6, 6.07) is 10.1. The molecular formula is C15H15F3N4O. The van der Waals surface area contributed by atoms with Crippen LogP contribution in [0, 0.1) is 0 Å². The normalized spacial score (nSPS) is 12.3. The Labute approximate surface area is 130 Å². The highest BCUT2D eigenvalue weighted by Gasteiger charge is 2.33. The number of nitrogens with zero attached hydrogens (tertiary/aromatic N) is 3. The molecule has 122 valence electrons. The Kier molecular flexibility index (Phi) is 5.15. The van der Waals surface area contributed by atoms with Crippen LogP contribution in [0.4, 0.5) is 13.2 Å². The van der Waals surface area contributed by atoms with Crippen molar-refractivity contribution in [2.75, 3.05) is 0 Å². The Hall–Kier alpha value is -2.64. The standard InChI is InChI=1S/C15H15F3N4O/c1-2-12(11-6-4-3-5-7-11)19-20-14(23)10-22-9-8-13(21-22)15(16,17)18/h3-9H,2,10H2,1H3,(H,20,23). The molecule has 1 heterocycles. The average Bonchev–Trinajstić information content (AvgIpc) is 2.97. The number of carbonyl (C=O) groups excluding carboxylic acids is 1. The fraction of sp³-hybridized carbons (Fsp3) is 0.267. The van der Waals surface area contributed by atoms with Gasteiger partial charge in [0.05, 0.1) is 5.71 Å². The molecule has 1 aromatic carbocycles. The van der Waals surface area contributed by atoms with Gasteiger partial charge in [-0.2, -0.15) is 23.4 Å². The first kappa shape index (κ1) is 16.7. The largest absolute Gasteiger partial charge is 0.435 e. The highest BCUT2D eigenvalue weighted by molar-refractivity contribution is 6.00. The lowest BCUT2D eigenvalue weighted by Crippen LogP contribution is -2.25. The molecule has 1 aromatic heterocycles. The van der Waals surface area contributed by atoms with Crippen LogP contribution in [0.2, 0.25) is 0 Å². The number of hydrazone groups is 1. The molecule has 0 spiro atoms.